The molecule has 0 spiro atoms. The van der Waals surface area contributed by atoms with Crippen LogP contribution in [0.4, 0.5) is 5.69 Å². The monoisotopic (exact) mass is 330 g/mol. The standard InChI is InChI=1S/C15H20Cl2N2O2/c1-4-10(2)19(11(3)20)8-7-15(21)18-14-6-5-12(16)9-13(14)17/h5-6,9-10H,4,7-8H2,1-3H3,(H,18,21). The van der Waals surface area contributed by atoms with Gasteiger partial charge >= 0.3 is 0 Å². The molecule has 2 amide bonds. The molecule has 0 heterocycles. The van der Waals surface area contributed by atoms with E-state index in [4.69, 9.17) is 23.2 Å². The van der Waals surface area contributed by atoms with E-state index in [1.165, 1.54) is 6.92 Å². The minimum atomic E-state index is -0.186. The summed E-state index contributed by atoms with van der Waals surface area (Å²) in [4.78, 5) is 25.2. The molecule has 0 aliphatic rings. The van der Waals surface area contributed by atoms with Crippen molar-refractivity contribution >= 4 is 40.7 Å². The van der Waals surface area contributed by atoms with Gasteiger partial charge in [-0.15, -0.1) is 0 Å². The summed E-state index contributed by atoms with van der Waals surface area (Å²) in [5.41, 5.74) is 0.518. The number of rotatable bonds is 6. The largest absolute Gasteiger partial charge is 0.340 e. The lowest BCUT2D eigenvalue weighted by Crippen LogP contribution is -2.38. The summed E-state index contributed by atoms with van der Waals surface area (Å²) < 4.78 is 0. The van der Waals surface area contributed by atoms with Crippen LogP contribution < -0.4 is 5.32 Å². The Balaban J connectivity index is 2.59. The molecule has 1 unspecified atom stereocenters. The smallest absolute Gasteiger partial charge is 0.226 e. The summed E-state index contributed by atoms with van der Waals surface area (Å²) in [7, 11) is 0. The van der Waals surface area contributed by atoms with Gasteiger partial charge in [0.15, 0.2) is 0 Å². The number of nitrogens with zero attached hydrogens (tertiary/aromatic N) is 1. The highest BCUT2D eigenvalue weighted by Gasteiger charge is 2.16. The third kappa shape index (κ3) is 5.56. The molecule has 1 N–H and O–H groups in total. The summed E-state index contributed by atoms with van der Waals surface area (Å²) >= 11 is 11.8. The number of amides is 2. The Kier molecular flexibility index (Phi) is 6.99. The van der Waals surface area contributed by atoms with Crippen molar-refractivity contribution in [3.63, 3.8) is 0 Å². The van der Waals surface area contributed by atoms with Crippen molar-refractivity contribution in [2.45, 2.75) is 39.7 Å². The van der Waals surface area contributed by atoms with Crippen LogP contribution in [-0.2, 0) is 9.59 Å². The maximum Gasteiger partial charge on any atom is 0.226 e. The van der Waals surface area contributed by atoms with E-state index >= 15 is 0 Å². The van der Waals surface area contributed by atoms with E-state index in [1.807, 2.05) is 13.8 Å². The Morgan fingerprint density at radius 1 is 1.33 bits per heavy atom. The van der Waals surface area contributed by atoms with E-state index in [1.54, 1.807) is 23.1 Å². The molecule has 0 aliphatic heterocycles. The molecule has 0 aromatic heterocycles. The van der Waals surface area contributed by atoms with Crippen molar-refractivity contribution in [2.75, 3.05) is 11.9 Å². The third-order valence-electron chi connectivity index (χ3n) is 3.31. The van der Waals surface area contributed by atoms with Crippen LogP contribution in [0.1, 0.15) is 33.6 Å². The second-order valence-corrected chi connectivity index (χ2v) is 5.74. The SMILES string of the molecule is CCC(C)N(CCC(=O)Nc1ccc(Cl)cc1Cl)C(C)=O. The topological polar surface area (TPSA) is 49.4 Å². The van der Waals surface area contributed by atoms with Gasteiger partial charge in [0.05, 0.1) is 10.7 Å². The quantitative estimate of drug-likeness (QED) is 0.857. The predicted octanol–water partition coefficient (Wildman–Crippen LogP) is 3.97. The van der Waals surface area contributed by atoms with Crippen molar-refractivity contribution in [2.24, 2.45) is 0 Å². The number of nitrogens with one attached hydrogen (secondary N) is 1. The molecule has 1 aromatic carbocycles. The number of carbonyl (C=O) groups excluding carboxylic acids is 2. The third-order valence-corrected chi connectivity index (χ3v) is 3.86. The van der Waals surface area contributed by atoms with E-state index in [9.17, 15) is 9.59 Å². The maximum absolute atomic E-state index is 11.9. The van der Waals surface area contributed by atoms with Crippen molar-refractivity contribution in [1.29, 1.82) is 0 Å². The number of benzene rings is 1. The van der Waals surface area contributed by atoms with Gasteiger partial charge in [0.1, 0.15) is 0 Å². The lowest BCUT2D eigenvalue weighted by atomic mass is 10.2. The van der Waals surface area contributed by atoms with Crippen LogP contribution in [0, 0.1) is 0 Å². The summed E-state index contributed by atoms with van der Waals surface area (Å²) in [6, 6.07) is 5.00. The van der Waals surface area contributed by atoms with Crippen molar-refractivity contribution < 1.29 is 9.59 Å². The molecule has 0 aliphatic carbocycles. The molecule has 116 valence electrons. The number of carbonyl (C=O) groups is 2. The van der Waals surface area contributed by atoms with Gasteiger partial charge in [0, 0.05) is 31.0 Å². The molecule has 0 saturated heterocycles. The predicted molar refractivity (Wildman–Crippen MR) is 86.8 cm³/mol. The van der Waals surface area contributed by atoms with Gasteiger partial charge in [0.2, 0.25) is 11.8 Å². The van der Waals surface area contributed by atoms with Crippen molar-refractivity contribution in [3.8, 4) is 0 Å². The highest BCUT2D eigenvalue weighted by atomic mass is 35.5. The zero-order valence-corrected chi connectivity index (χ0v) is 14.0. The van der Waals surface area contributed by atoms with Crippen LogP contribution in [0.2, 0.25) is 10.0 Å². The van der Waals surface area contributed by atoms with Gasteiger partial charge in [-0.2, -0.15) is 0 Å². The molecule has 0 radical (unpaired) electrons. The Hall–Kier alpha value is -1.26. The van der Waals surface area contributed by atoms with Crippen LogP contribution in [0.3, 0.4) is 0 Å². The van der Waals surface area contributed by atoms with Crippen LogP contribution in [0.5, 0.6) is 0 Å². The summed E-state index contributed by atoms with van der Waals surface area (Å²) in [6.45, 7) is 5.88. The van der Waals surface area contributed by atoms with Gasteiger partial charge in [0.25, 0.3) is 0 Å². The van der Waals surface area contributed by atoms with Crippen LogP contribution in [0.25, 0.3) is 0 Å². The summed E-state index contributed by atoms with van der Waals surface area (Å²) in [6.07, 6.45) is 1.08. The first-order chi connectivity index (χ1) is 9.85. The van der Waals surface area contributed by atoms with Crippen LogP contribution in [-0.4, -0.2) is 29.3 Å². The van der Waals surface area contributed by atoms with Crippen molar-refractivity contribution in [1.82, 2.24) is 4.90 Å². The average Bonchev–Trinajstić information content (AvgIpc) is 2.41. The van der Waals surface area contributed by atoms with Gasteiger partial charge < -0.3 is 10.2 Å². The Labute approximate surface area is 135 Å². The minimum absolute atomic E-state index is 0.0262. The average molecular weight is 331 g/mol. The maximum atomic E-state index is 11.9. The normalized spacial score (nSPS) is 11.9. The minimum Gasteiger partial charge on any atom is -0.340 e. The first-order valence-corrected chi connectivity index (χ1v) is 7.62. The molecule has 0 saturated carbocycles. The molecule has 21 heavy (non-hydrogen) atoms. The molecular weight excluding hydrogens is 311 g/mol. The first kappa shape index (κ1) is 17.8. The number of anilines is 1. The molecule has 4 nitrogen and oxygen atoms in total. The lowest BCUT2D eigenvalue weighted by molar-refractivity contribution is -0.131. The lowest BCUT2D eigenvalue weighted by Gasteiger charge is -2.27. The van der Waals surface area contributed by atoms with Gasteiger partial charge in [-0.3, -0.25) is 9.59 Å². The fourth-order valence-electron chi connectivity index (χ4n) is 1.93. The van der Waals surface area contributed by atoms with Crippen LogP contribution >= 0.6 is 23.2 Å². The highest BCUT2D eigenvalue weighted by molar-refractivity contribution is 6.36. The molecule has 1 atom stereocenters. The van der Waals surface area contributed by atoms with E-state index in [2.05, 4.69) is 5.32 Å². The summed E-state index contributed by atoms with van der Waals surface area (Å²) in [5.74, 6) is -0.213. The molecule has 0 fully saturated rings. The molecule has 6 heteroatoms. The van der Waals surface area contributed by atoms with E-state index in [-0.39, 0.29) is 24.3 Å². The Morgan fingerprint density at radius 3 is 2.52 bits per heavy atom. The van der Waals surface area contributed by atoms with E-state index in [0.29, 0.717) is 22.3 Å². The van der Waals surface area contributed by atoms with Crippen LogP contribution in [0.15, 0.2) is 18.2 Å². The molecule has 1 aromatic rings. The molecule has 0 bridgehead atoms. The molecular formula is C15H20Cl2N2O2. The number of hydrogen-bond donors (Lipinski definition) is 1. The fraction of sp³-hybridized carbons (Fsp3) is 0.467. The number of hydrogen-bond acceptors (Lipinski definition) is 2. The first-order valence-electron chi connectivity index (χ1n) is 6.87. The highest BCUT2D eigenvalue weighted by Crippen LogP contribution is 2.25. The zero-order chi connectivity index (χ0) is 16.0. The zero-order valence-electron chi connectivity index (χ0n) is 12.5. The Bertz CT molecular complexity index is 520. The second-order valence-electron chi connectivity index (χ2n) is 4.89. The molecule has 1 rings (SSSR count). The fourth-order valence-corrected chi connectivity index (χ4v) is 2.39. The van der Waals surface area contributed by atoms with E-state index < -0.39 is 0 Å². The summed E-state index contributed by atoms with van der Waals surface area (Å²) in [5, 5.41) is 3.62. The van der Waals surface area contributed by atoms with Crippen molar-refractivity contribution in [3.05, 3.63) is 28.2 Å². The second kappa shape index (κ2) is 8.25. The van der Waals surface area contributed by atoms with E-state index in [0.717, 1.165) is 6.42 Å². The Morgan fingerprint density at radius 2 is 2.00 bits per heavy atom. The van der Waals surface area contributed by atoms with Gasteiger partial charge in [-0.1, -0.05) is 30.1 Å². The number of halogens is 2. The van der Waals surface area contributed by atoms with Gasteiger partial charge in [-0.25, -0.2) is 0 Å². The van der Waals surface area contributed by atoms with Gasteiger partial charge in [-0.05, 0) is 31.5 Å².